The molecule has 0 aliphatic heterocycles. The molecule has 3 aromatic rings. The minimum atomic E-state index is -0.386. The van der Waals surface area contributed by atoms with Gasteiger partial charge in [0.2, 0.25) is 5.91 Å². The number of hydrogen-bond donors (Lipinski definition) is 1. The number of aryl methyl sites for hydroxylation is 1. The van der Waals surface area contributed by atoms with Gasteiger partial charge in [-0.2, -0.15) is 0 Å². The molecule has 150 valence electrons. The highest BCUT2D eigenvalue weighted by molar-refractivity contribution is 5.91. The number of halogens is 1. The summed E-state index contributed by atoms with van der Waals surface area (Å²) in [5.74, 6) is 0.177. The van der Waals surface area contributed by atoms with Gasteiger partial charge in [-0.1, -0.05) is 19.4 Å². The minimum absolute atomic E-state index is 0.220. The molecule has 0 saturated carbocycles. The van der Waals surface area contributed by atoms with E-state index in [9.17, 15) is 14.0 Å². The molecule has 0 radical (unpaired) electrons. The highest BCUT2D eigenvalue weighted by Gasteiger charge is 2.14. The van der Waals surface area contributed by atoms with Crippen molar-refractivity contribution in [2.24, 2.45) is 0 Å². The van der Waals surface area contributed by atoms with E-state index in [1.807, 2.05) is 6.92 Å². The first-order valence-corrected chi connectivity index (χ1v) is 9.30. The fourth-order valence-corrected chi connectivity index (χ4v) is 2.95. The third kappa shape index (κ3) is 5.07. The van der Waals surface area contributed by atoms with Crippen LogP contribution in [0.1, 0.15) is 19.0 Å². The predicted molar refractivity (Wildman–Crippen MR) is 110 cm³/mol. The molecule has 0 aliphatic rings. The molecule has 0 fully saturated rings. The third-order valence-corrected chi connectivity index (χ3v) is 4.33. The summed E-state index contributed by atoms with van der Waals surface area (Å²) in [7, 11) is 1.54. The number of anilines is 1. The maximum Gasteiger partial charge on any atom is 0.254 e. The van der Waals surface area contributed by atoms with E-state index in [0.717, 1.165) is 6.42 Å². The molecule has 0 aliphatic carbocycles. The lowest BCUT2D eigenvalue weighted by atomic mass is 10.1. The number of nitrogens with one attached hydrogen (secondary N) is 1. The fraction of sp³-hybridized carbons (Fsp3) is 0.227. The van der Waals surface area contributed by atoms with Crippen LogP contribution in [0.5, 0.6) is 5.75 Å². The van der Waals surface area contributed by atoms with Crippen molar-refractivity contribution >= 4 is 11.6 Å². The summed E-state index contributed by atoms with van der Waals surface area (Å²) in [5.41, 5.74) is 1.43. The second-order valence-corrected chi connectivity index (χ2v) is 6.53. The number of hydrogen-bond acceptors (Lipinski definition) is 4. The molecule has 29 heavy (non-hydrogen) atoms. The van der Waals surface area contributed by atoms with Crippen molar-refractivity contribution in [3.8, 4) is 17.1 Å². The molecule has 1 heterocycles. The standard InChI is InChI=1S/C22H22FN3O3/c1-3-5-17-13-21(28)26(22(25-17)15-8-10-16(23)11-9-15)14-20(27)24-18-6-4-7-19(12-18)29-2/h4,6-13H,3,5,14H2,1-2H3,(H,24,27). The molecule has 1 amide bonds. The number of amides is 1. The van der Waals surface area contributed by atoms with Gasteiger partial charge in [0.05, 0.1) is 7.11 Å². The van der Waals surface area contributed by atoms with Crippen LogP contribution in [0.2, 0.25) is 0 Å². The van der Waals surface area contributed by atoms with Crippen LogP contribution in [-0.4, -0.2) is 22.6 Å². The molecule has 2 aromatic carbocycles. The Balaban J connectivity index is 1.93. The van der Waals surface area contributed by atoms with Gasteiger partial charge in [0.15, 0.2) is 0 Å². The van der Waals surface area contributed by atoms with Crippen LogP contribution >= 0.6 is 0 Å². The minimum Gasteiger partial charge on any atom is -0.497 e. The number of nitrogens with zero attached hydrogens (tertiary/aromatic N) is 2. The number of ether oxygens (including phenoxy) is 1. The Morgan fingerprint density at radius 1 is 1.17 bits per heavy atom. The molecule has 7 heteroatoms. The Morgan fingerprint density at radius 3 is 2.62 bits per heavy atom. The van der Waals surface area contributed by atoms with Gasteiger partial charge in [-0.05, 0) is 42.8 Å². The van der Waals surface area contributed by atoms with E-state index in [1.165, 1.54) is 22.8 Å². The first-order valence-electron chi connectivity index (χ1n) is 9.30. The normalized spacial score (nSPS) is 10.6. The lowest BCUT2D eigenvalue weighted by Crippen LogP contribution is -2.30. The average molecular weight is 395 g/mol. The number of rotatable bonds is 7. The van der Waals surface area contributed by atoms with Crippen molar-refractivity contribution in [3.63, 3.8) is 0 Å². The van der Waals surface area contributed by atoms with Crippen LogP contribution in [0.4, 0.5) is 10.1 Å². The lowest BCUT2D eigenvalue weighted by Gasteiger charge is -2.14. The summed E-state index contributed by atoms with van der Waals surface area (Å²) >= 11 is 0. The van der Waals surface area contributed by atoms with Crippen LogP contribution in [0.3, 0.4) is 0 Å². The van der Waals surface area contributed by atoms with Crippen molar-refractivity contribution in [2.75, 3.05) is 12.4 Å². The van der Waals surface area contributed by atoms with Crippen molar-refractivity contribution < 1.29 is 13.9 Å². The monoisotopic (exact) mass is 395 g/mol. The van der Waals surface area contributed by atoms with Crippen molar-refractivity contribution in [1.82, 2.24) is 9.55 Å². The maximum absolute atomic E-state index is 13.3. The van der Waals surface area contributed by atoms with E-state index in [0.29, 0.717) is 34.9 Å². The molecule has 0 atom stereocenters. The Labute approximate surface area is 168 Å². The van der Waals surface area contributed by atoms with Crippen LogP contribution in [-0.2, 0) is 17.8 Å². The summed E-state index contributed by atoms with van der Waals surface area (Å²) in [6.07, 6.45) is 1.47. The Bertz CT molecular complexity index is 1060. The quantitative estimate of drug-likeness (QED) is 0.663. The van der Waals surface area contributed by atoms with Crippen LogP contribution in [0.25, 0.3) is 11.4 Å². The lowest BCUT2D eigenvalue weighted by molar-refractivity contribution is -0.116. The van der Waals surface area contributed by atoms with E-state index in [2.05, 4.69) is 10.3 Å². The van der Waals surface area contributed by atoms with Gasteiger partial charge in [0.25, 0.3) is 5.56 Å². The van der Waals surface area contributed by atoms with E-state index in [-0.39, 0.29) is 23.8 Å². The first-order chi connectivity index (χ1) is 14.0. The molecule has 0 bridgehead atoms. The first kappa shape index (κ1) is 20.3. The van der Waals surface area contributed by atoms with Gasteiger partial charge in [-0.3, -0.25) is 14.2 Å². The van der Waals surface area contributed by atoms with Gasteiger partial charge < -0.3 is 10.1 Å². The zero-order chi connectivity index (χ0) is 20.8. The highest BCUT2D eigenvalue weighted by atomic mass is 19.1. The molecule has 3 rings (SSSR count). The summed E-state index contributed by atoms with van der Waals surface area (Å²) in [6, 6.07) is 14.1. The summed E-state index contributed by atoms with van der Waals surface area (Å²) in [6.45, 7) is 1.77. The zero-order valence-electron chi connectivity index (χ0n) is 16.3. The Kier molecular flexibility index (Phi) is 6.39. The molecule has 0 saturated heterocycles. The van der Waals surface area contributed by atoms with E-state index < -0.39 is 0 Å². The second kappa shape index (κ2) is 9.14. The third-order valence-electron chi connectivity index (χ3n) is 4.33. The smallest absolute Gasteiger partial charge is 0.254 e. The Hall–Kier alpha value is -3.48. The Morgan fingerprint density at radius 2 is 1.93 bits per heavy atom. The molecule has 0 unspecified atom stereocenters. The van der Waals surface area contributed by atoms with Gasteiger partial charge >= 0.3 is 0 Å². The van der Waals surface area contributed by atoms with Crippen molar-refractivity contribution in [3.05, 3.63) is 76.5 Å². The number of benzene rings is 2. The second-order valence-electron chi connectivity index (χ2n) is 6.53. The number of carbonyl (C=O) groups excluding carboxylic acids is 1. The topological polar surface area (TPSA) is 73.2 Å². The van der Waals surface area contributed by atoms with E-state index in [1.54, 1.807) is 43.5 Å². The average Bonchev–Trinajstić information content (AvgIpc) is 2.71. The zero-order valence-corrected chi connectivity index (χ0v) is 16.3. The van der Waals surface area contributed by atoms with Gasteiger partial charge in [0, 0.05) is 29.1 Å². The van der Waals surface area contributed by atoms with Crippen molar-refractivity contribution in [2.45, 2.75) is 26.3 Å². The molecule has 6 nitrogen and oxygen atoms in total. The molecular formula is C22H22FN3O3. The van der Waals surface area contributed by atoms with Crippen LogP contribution < -0.4 is 15.6 Å². The largest absolute Gasteiger partial charge is 0.497 e. The SMILES string of the molecule is CCCc1cc(=O)n(CC(=O)Nc2cccc(OC)c2)c(-c2ccc(F)cc2)n1. The molecule has 1 N–H and O–H groups in total. The number of aromatic nitrogens is 2. The summed E-state index contributed by atoms with van der Waals surface area (Å²) < 4.78 is 19.8. The fourth-order valence-electron chi connectivity index (χ4n) is 2.95. The van der Waals surface area contributed by atoms with Gasteiger partial charge in [-0.25, -0.2) is 9.37 Å². The van der Waals surface area contributed by atoms with Gasteiger partial charge in [-0.15, -0.1) is 0 Å². The summed E-state index contributed by atoms with van der Waals surface area (Å²) in [4.78, 5) is 29.8. The molecule has 0 spiro atoms. The summed E-state index contributed by atoms with van der Waals surface area (Å²) in [5, 5.41) is 2.75. The van der Waals surface area contributed by atoms with Gasteiger partial charge in [0.1, 0.15) is 23.9 Å². The molecular weight excluding hydrogens is 373 g/mol. The number of methoxy groups -OCH3 is 1. The van der Waals surface area contributed by atoms with Crippen LogP contribution in [0.15, 0.2) is 59.4 Å². The van der Waals surface area contributed by atoms with E-state index in [4.69, 9.17) is 4.74 Å². The number of carbonyl (C=O) groups is 1. The van der Waals surface area contributed by atoms with Crippen LogP contribution in [0, 0.1) is 5.82 Å². The predicted octanol–water partition coefficient (Wildman–Crippen LogP) is 3.65. The van der Waals surface area contributed by atoms with Crippen molar-refractivity contribution in [1.29, 1.82) is 0 Å². The maximum atomic E-state index is 13.3. The highest BCUT2D eigenvalue weighted by Crippen LogP contribution is 2.19. The van der Waals surface area contributed by atoms with E-state index >= 15 is 0 Å². The molecule has 1 aromatic heterocycles.